The average molecular weight is 168 g/mol. The predicted octanol–water partition coefficient (Wildman–Crippen LogP) is 1.41. The van der Waals surface area contributed by atoms with E-state index in [9.17, 15) is 4.79 Å². The Balaban J connectivity index is 2.84. The van der Waals surface area contributed by atoms with Gasteiger partial charge in [0, 0.05) is 9.14 Å². The van der Waals surface area contributed by atoms with Gasteiger partial charge in [-0.25, -0.2) is 0 Å². The van der Waals surface area contributed by atoms with E-state index in [0.717, 1.165) is 0 Å². The van der Waals surface area contributed by atoms with E-state index < -0.39 is 18.8 Å². The summed E-state index contributed by atoms with van der Waals surface area (Å²) in [6.07, 6.45) is -2.63. The molecule has 0 aromatic heterocycles. The van der Waals surface area contributed by atoms with Crippen molar-refractivity contribution in [2.24, 2.45) is 0 Å². The van der Waals surface area contributed by atoms with Crippen molar-refractivity contribution in [1.29, 1.82) is 0 Å². The van der Waals surface area contributed by atoms with Gasteiger partial charge in [-0.1, -0.05) is 12.1 Å². The van der Waals surface area contributed by atoms with Crippen molar-refractivity contribution < 1.29 is 17.7 Å². The molecule has 2 atom stereocenters. The van der Waals surface area contributed by atoms with Crippen LogP contribution in [0.2, 0.25) is 0 Å². The summed E-state index contributed by atoms with van der Waals surface area (Å²) in [5.74, 6) is -1.27. The van der Waals surface area contributed by atoms with Crippen LogP contribution >= 0.6 is 0 Å². The molecule has 0 spiro atoms. The van der Waals surface area contributed by atoms with Crippen LogP contribution < -0.4 is 0 Å². The molecule has 1 aromatic rings. The van der Waals surface area contributed by atoms with Crippen LogP contribution in [0.4, 0.5) is 0 Å². The molecule has 0 amide bonds. The zero-order valence-corrected chi connectivity index (χ0v) is 6.27. The number of aromatic hydroxyl groups is 1. The maximum atomic E-state index is 10.4. The SMILES string of the molecule is [2H]C(C(=O)O)C([2H])c1ccc(O)cc1. The summed E-state index contributed by atoms with van der Waals surface area (Å²) in [7, 11) is 0. The van der Waals surface area contributed by atoms with Gasteiger partial charge in [0.2, 0.25) is 0 Å². The van der Waals surface area contributed by atoms with E-state index in [4.69, 9.17) is 13.0 Å². The maximum absolute atomic E-state index is 10.4. The fourth-order valence-electron chi connectivity index (χ4n) is 0.753. The third-order valence-electron chi connectivity index (χ3n) is 1.31. The summed E-state index contributed by atoms with van der Waals surface area (Å²) in [4.78, 5) is 10.4. The first-order valence-electron chi connectivity index (χ1n) is 4.54. The van der Waals surface area contributed by atoms with Crippen molar-refractivity contribution in [2.45, 2.75) is 12.8 Å². The largest absolute Gasteiger partial charge is 0.508 e. The number of phenols is 1. The second-order valence-electron chi connectivity index (χ2n) is 2.26. The highest BCUT2D eigenvalue weighted by Gasteiger charge is 1.98. The number of hydrogen-bond acceptors (Lipinski definition) is 2. The molecule has 3 nitrogen and oxygen atoms in total. The van der Waals surface area contributed by atoms with Gasteiger partial charge in [0.05, 0.1) is 0 Å². The van der Waals surface area contributed by atoms with E-state index >= 15 is 0 Å². The molecule has 2 N–H and O–H groups in total. The lowest BCUT2D eigenvalue weighted by molar-refractivity contribution is -0.136. The van der Waals surface area contributed by atoms with Gasteiger partial charge in [-0.05, 0) is 24.1 Å². The summed E-state index contributed by atoms with van der Waals surface area (Å²) in [5.41, 5.74) is 0.408. The second kappa shape index (κ2) is 3.76. The summed E-state index contributed by atoms with van der Waals surface area (Å²) >= 11 is 0. The highest BCUT2D eigenvalue weighted by atomic mass is 16.4. The summed E-state index contributed by atoms with van der Waals surface area (Å²) in [5, 5.41) is 17.5. The number of carboxylic acid groups (broad SMARTS) is 1. The highest BCUT2D eigenvalue weighted by Crippen LogP contribution is 2.10. The second-order valence-corrected chi connectivity index (χ2v) is 2.26. The number of phenolic OH excluding ortho intramolecular Hbond substituents is 1. The van der Waals surface area contributed by atoms with Crippen molar-refractivity contribution in [3.63, 3.8) is 0 Å². The van der Waals surface area contributed by atoms with E-state index in [1.165, 1.54) is 24.3 Å². The molecule has 0 saturated heterocycles. The summed E-state index contributed by atoms with van der Waals surface area (Å²) in [6.45, 7) is 0. The molecule has 2 unspecified atom stereocenters. The molecule has 1 rings (SSSR count). The number of hydrogen-bond donors (Lipinski definition) is 2. The Hall–Kier alpha value is -1.51. The molecule has 1 aromatic carbocycles. The number of benzene rings is 1. The van der Waals surface area contributed by atoms with Crippen molar-refractivity contribution in [3.05, 3.63) is 29.8 Å². The number of carboxylic acids is 1. The van der Waals surface area contributed by atoms with Crippen molar-refractivity contribution in [3.8, 4) is 5.75 Å². The van der Waals surface area contributed by atoms with Crippen molar-refractivity contribution >= 4 is 5.97 Å². The van der Waals surface area contributed by atoms with Gasteiger partial charge in [-0.15, -0.1) is 0 Å². The molecule has 0 bridgehead atoms. The number of rotatable bonds is 3. The Labute approximate surface area is 73.1 Å². The predicted molar refractivity (Wildman–Crippen MR) is 44.1 cm³/mol. The molecular formula is C9H10O3. The minimum Gasteiger partial charge on any atom is -0.508 e. The first-order valence-corrected chi connectivity index (χ1v) is 3.38. The zero-order chi connectivity index (χ0) is 10.7. The zero-order valence-electron chi connectivity index (χ0n) is 8.27. The summed E-state index contributed by atoms with van der Waals surface area (Å²) in [6, 6.07) is 5.62. The molecule has 0 heterocycles. The van der Waals surface area contributed by atoms with Crippen LogP contribution in [0.1, 0.15) is 14.7 Å². The first kappa shape index (κ1) is 6.06. The fourth-order valence-corrected chi connectivity index (χ4v) is 0.753. The van der Waals surface area contributed by atoms with Crippen LogP contribution in [-0.4, -0.2) is 16.2 Å². The quantitative estimate of drug-likeness (QED) is 0.717. The van der Waals surface area contributed by atoms with Crippen LogP contribution in [-0.2, 0) is 11.2 Å². The lowest BCUT2D eigenvalue weighted by Crippen LogP contribution is -1.96. The molecule has 12 heavy (non-hydrogen) atoms. The fraction of sp³-hybridized carbons (Fsp3) is 0.222. The van der Waals surface area contributed by atoms with Gasteiger partial charge in [-0.3, -0.25) is 4.79 Å². The standard InChI is InChI=1S/C9H10O3/c10-8-4-1-7(2-5-8)3-6-9(11)12/h1-2,4-5,10H,3,6H2,(H,11,12)/i3D,6D. The van der Waals surface area contributed by atoms with Gasteiger partial charge < -0.3 is 10.2 Å². The van der Waals surface area contributed by atoms with Gasteiger partial charge in [-0.2, -0.15) is 0 Å². The molecule has 3 heteroatoms. The number of aryl methyl sites for hydroxylation is 1. The van der Waals surface area contributed by atoms with Crippen LogP contribution in [0.15, 0.2) is 24.3 Å². The molecule has 0 saturated carbocycles. The third kappa shape index (κ3) is 2.62. The lowest BCUT2D eigenvalue weighted by atomic mass is 10.1. The van der Waals surface area contributed by atoms with E-state index in [2.05, 4.69) is 0 Å². The normalized spacial score (nSPS) is 17.3. The summed E-state index contributed by atoms with van der Waals surface area (Å²) < 4.78 is 14.6. The molecular weight excluding hydrogens is 156 g/mol. The van der Waals surface area contributed by atoms with Crippen molar-refractivity contribution in [1.82, 2.24) is 0 Å². The average Bonchev–Trinajstić information content (AvgIpc) is 2.16. The first-order chi connectivity index (χ1) is 6.52. The highest BCUT2D eigenvalue weighted by molar-refractivity contribution is 5.67. The number of aliphatic carboxylic acids is 1. The van der Waals surface area contributed by atoms with Crippen LogP contribution in [0.5, 0.6) is 5.75 Å². The Bertz CT molecular complexity index is 323. The van der Waals surface area contributed by atoms with Gasteiger partial charge in [0.1, 0.15) is 5.75 Å². The Morgan fingerprint density at radius 1 is 1.42 bits per heavy atom. The monoisotopic (exact) mass is 168 g/mol. The Morgan fingerprint density at radius 3 is 2.50 bits per heavy atom. The molecule has 0 aliphatic heterocycles. The third-order valence-corrected chi connectivity index (χ3v) is 1.31. The molecule has 0 aliphatic rings. The van der Waals surface area contributed by atoms with Crippen LogP contribution in [0.25, 0.3) is 0 Å². The van der Waals surface area contributed by atoms with E-state index in [1.807, 2.05) is 0 Å². The molecule has 0 fully saturated rings. The topological polar surface area (TPSA) is 57.5 Å². The van der Waals surface area contributed by atoms with Gasteiger partial charge in [0.15, 0.2) is 0 Å². The minimum absolute atomic E-state index is 0.0535. The van der Waals surface area contributed by atoms with Gasteiger partial charge >= 0.3 is 5.97 Å². The van der Waals surface area contributed by atoms with Crippen LogP contribution in [0, 0.1) is 0 Å². The molecule has 0 aliphatic carbocycles. The van der Waals surface area contributed by atoms with Crippen molar-refractivity contribution in [2.75, 3.05) is 0 Å². The number of carbonyl (C=O) groups is 1. The van der Waals surface area contributed by atoms with E-state index in [-0.39, 0.29) is 5.75 Å². The van der Waals surface area contributed by atoms with Crippen LogP contribution in [0.3, 0.4) is 0 Å². The Kier molecular flexibility index (Phi) is 1.90. The molecule has 64 valence electrons. The van der Waals surface area contributed by atoms with E-state index in [1.54, 1.807) is 0 Å². The molecule has 0 radical (unpaired) electrons. The smallest absolute Gasteiger partial charge is 0.303 e. The van der Waals surface area contributed by atoms with Gasteiger partial charge in [0.25, 0.3) is 0 Å². The van der Waals surface area contributed by atoms with E-state index in [0.29, 0.717) is 5.56 Å². The Morgan fingerprint density at radius 2 is 2.00 bits per heavy atom. The lowest BCUT2D eigenvalue weighted by Gasteiger charge is -1.97. The maximum Gasteiger partial charge on any atom is 0.303 e. The minimum atomic E-state index is -1.50.